The van der Waals surface area contributed by atoms with Gasteiger partial charge in [-0.05, 0) is 58.1 Å². The van der Waals surface area contributed by atoms with Crippen molar-refractivity contribution in [1.29, 1.82) is 0 Å². The number of aromatic nitrogens is 1. The Morgan fingerprint density at radius 2 is 1.17 bits per heavy atom. The van der Waals surface area contributed by atoms with Gasteiger partial charge in [-0.1, -0.05) is 60.7 Å². The molecule has 5 rings (SSSR count). The van der Waals surface area contributed by atoms with Crippen LogP contribution in [-0.2, 0) is 0 Å². The van der Waals surface area contributed by atoms with Gasteiger partial charge in [0.2, 0.25) is 0 Å². The number of methoxy groups -OCH3 is 2. The summed E-state index contributed by atoms with van der Waals surface area (Å²) in [5, 5.41) is 0.878. The van der Waals surface area contributed by atoms with E-state index in [1.807, 2.05) is 54.6 Å². The molecule has 0 unspecified atom stereocenters. The van der Waals surface area contributed by atoms with Crippen LogP contribution in [0, 0.1) is 0 Å². The second-order valence-corrected chi connectivity index (χ2v) is 8.33. The number of guanidine groups is 1. The first-order valence-electron chi connectivity index (χ1n) is 11.5. The second kappa shape index (κ2) is 9.80. The van der Waals surface area contributed by atoms with Crippen LogP contribution in [0.2, 0.25) is 0 Å². The predicted octanol–water partition coefficient (Wildman–Crippen LogP) is 6.16. The Balaban J connectivity index is 1.80. The van der Waals surface area contributed by atoms with Crippen molar-refractivity contribution in [3.8, 4) is 44.9 Å². The Morgan fingerprint density at radius 3 is 1.69 bits per heavy atom. The molecule has 4 aromatic carbocycles. The molecular formula is C30H26N4O2. The third-order valence-electron chi connectivity index (χ3n) is 5.99. The van der Waals surface area contributed by atoms with Crippen LogP contribution in [0.1, 0.15) is 0 Å². The number of nitrogens with zero attached hydrogens (tertiary/aromatic N) is 2. The van der Waals surface area contributed by atoms with E-state index in [1.165, 1.54) is 0 Å². The maximum atomic E-state index is 5.80. The fourth-order valence-corrected chi connectivity index (χ4v) is 4.29. The van der Waals surface area contributed by atoms with E-state index < -0.39 is 0 Å². The van der Waals surface area contributed by atoms with Gasteiger partial charge in [0.25, 0.3) is 0 Å². The van der Waals surface area contributed by atoms with Crippen molar-refractivity contribution >= 4 is 22.7 Å². The maximum absolute atomic E-state index is 5.80. The summed E-state index contributed by atoms with van der Waals surface area (Å²) in [5.41, 5.74) is 18.4. The number of rotatable bonds is 6. The van der Waals surface area contributed by atoms with Gasteiger partial charge in [0, 0.05) is 17.0 Å². The largest absolute Gasteiger partial charge is 0.493 e. The molecule has 6 heteroatoms. The van der Waals surface area contributed by atoms with Crippen molar-refractivity contribution < 1.29 is 9.47 Å². The second-order valence-electron chi connectivity index (χ2n) is 8.33. The number of nitrogens with two attached hydrogens (primary N) is 2. The first-order valence-corrected chi connectivity index (χ1v) is 11.5. The molecule has 5 aromatic rings. The number of hydrogen-bond acceptors (Lipinski definition) is 4. The Morgan fingerprint density at radius 1 is 0.639 bits per heavy atom. The fourth-order valence-electron chi connectivity index (χ4n) is 4.29. The molecular weight excluding hydrogens is 448 g/mol. The van der Waals surface area contributed by atoms with Crippen molar-refractivity contribution in [2.24, 2.45) is 16.5 Å². The molecule has 178 valence electrons. The number of ether oxygens (including phenoxy) is 2. The summed E-state index contributed by atoms with van der Waals surface area (Å²) in [6.45, 7) is 0. The SMILES string of the molecule is COc1cc2cc(-c3cc(-c4ccccc4)cc(-c4ccccc4)c3)c(N=C(N)N)nc2cc1OC. The Labute approximate surface area is 209 Å². The summed E-state index contributed by atoms with van der Waals surface area (Å²) in [4.78, 5) is 9.18. The van der Waals surface area contributed by atoms with Crippen molar-refractivity contribution in [3.05, 3.63) is 97.1 Å². The molecule has 4 N–H and O–H groups in total. The molecule has 36 heavy (non-hydrogen) atoms. The van der Waals surface area contributed by atoms with Gasteiger partial charge in [0.1, 0.15) is 0 Å². The maximum Gasteiger partial charge on any atom is 0.192 e. The fraction of sp³-hybridized carbons (Fsp3) is 0.0667. The first-order chi connectivity index (χ1) is 17.6. The average molecular weight is 475 g/mol. The normalized spacial score (nSPS) is 10.7. The van der Waals surface area contributed by atoms with Crippen LogP contribution in [0.25, 0.3) is 44.3 Å². The van der Waals surface area contributed by atoms with Crippen molar-refractivity contribution in [2.45, 2.75) is 0 Å². The number of benzene rings is 4. The van der Waals surface area contributed by atoms with Crippen LogP contribution in [0.4, 0.5) is 5.82 Å². The molecule has 6 nitrogen and oxygen atoms in total. The highest BCUT2D eigenvalue weighted by Crippen LogP contribution is 2.39. The van der Waals surface area contributed by atoms with Crippen LogP contribution < -0.4 is 20.9 Å². The van der Waals surface area contributed by atoms with Gasteiger partial charge in [0.15, 0.2) is 23.3 Å². The number of fused-ring (bicyclic) bond motifs is 1. The molecule has 0 atom stereocenters. The average Bonchev–Trinajstić information content (AvgIpc) is 2.92. The van der Waals surface area contributed by atoms with Gasteiger partial charge in [0.05, 0.1) is 19.7 Å². The highest BCUT2D eigenvalue weighted by atomic mass is 16.5. The zero-order valence-electron chi connectivity index (χ0n) is 20.1. The zero-order chi connectivity index (χ0) is 25.1. The standard InChI is InChI=1S/C30H26N4O2/c1-35-27-17-24-16-25(29(34-30(31)32)33-26(24)18-28(27)36-2)23-14-21(19-9-5-3-6-10-19)13-22(15-23)20-11-7-4-8-12-20/h3-18H,1-2H3,(H4,31,32,33,34). The van der Waals surface area contributed by atoms with Crippen LogP contribution >= 0.6 is 0 Å². The molecule has 0 fully saturated rings. The summed E-state index contributed by atoms with van der Waals surface area (Å²) in [7, 11) is 3.20. The van der Waals surface area contributed by atoms with E-state index in [0.717, 1.165) is 38.8 Å². The number of aliphatic imine (C=N–C) groups is 1. The molecule has 1 heterocycles. The smallest absolute Gasteiger partial charge is 0.192 e. The highest BCUT2D eigenvalue weighted by Gasteiger charge is 2.15. The first kappa shape index (κ1) is 22.9. The summed E-state index contributed by atoms with van der Waals surface area (Å²) < 4.78 is 11.0. The predicted molar refractivity (Wildman–Crippen MR) is 147 cm³/mol. The molecule has 0 aliphatic rings. The topological polar surface area (TPSA) is 95.8 Å². The molecule has 0 saturated heterocycles. The van der Waals surface area contributed by atoms with Gasteiger partial charge < -0.3 is 20.9 Å². The van der Waals surface area contributed by atoms with Crippen LogP contribution in [-0.4, -0.2) is 25.2 Å². The lowest BCUT2D eigenvalue weighted by molar-refractivity contribution is 0.356. The Bertz CT molecular complexity index is 1500. The van der Waals surface area contributed by atoms with Gasteiger partial charge in [-0.15, -0.1) is 0 Å². The van der Waals surface area contributed by atoms with E-state index in [0.29, 0.717) is 22.8 Å². The minimum Gasteiger partial charge on any atom is -0.493 e. The number of pyridine rings is 1. The third kappa shape index (κ3) is 4.57. The zero-order valence-corrected chi connectivity index (χ0v) is 20.1. The van der Waals surface area contributed by atoms with Crippen LogP contribution in [0.5, 0.6) is 11.5 Å². The van der Waals surface area contributed by atoms with E-state index in [4.69, 9.17) is 25.9 Å². The molecule has 0 saturated carbocycles. The lowest BCUT2D eigenvalue weighted by atomic mass is 9.93. The van der Waals surface area contributed by atoms with Crippen molar-refractivity contribution in [3.63, 3.8) is 0 Å². The van der Waals surface area contributed by atoms with Crippen LogP contribution in [0.3, 0.4) is 0 Å². The summed E-state index contributed by atoms with van der Waals surface area (Å²) in [5.74, 6) is 1.57. The molecule has 0 amide bonds. The van der Waals surface area contributed by atoms with Gasteiger partial charge >= 0.3 is 0 Å². The molecule has 0 radical (unpaired) electrons. The van der Waals surface area contributed by atoms with Crippen LogP contribution in [0.15, 0.2) is 102 Å². The van der Waals surface area contributed by atoms with Gasteiger partial charge in [-0.2, -0.15) is 4.99 Å². The molecule has 0 aliphatic heterocycles. The molecule has 0 spiro atoms. The highest BCUT2D eigenvalue weighted by molar-refractivity contribution is 5.94. The summed E-state index contributed by atoms with van der Waals surface area (Å²) in [6.07, 6.45) is 0. The van der Waals surface area contributed by atoms with Gasteiger partial charge in [-0.25, -0.2) is 4.98 Å². The van der Waals surface area contributed by atoms with Crippen molar-refractivity contribution in [2.75, 3.05) is 14.2 Å². The minimum atomic E-state index is -0.0638. The molecule has 0 bridgehead atoms. The van der Waals surface area contributed by atoms with E-state index in [-0.39, 0.29) is 5.96 Å². The molecule has 1 aromatic heterocycles. The van der Waals surface area contributed by atoms with Gasteiger partial charge in [-0.3, -0.25) is 0 Å². The third-order valence-corrected chi connectivity index (χ3v) is 5.99. The van der Waals surface area contributed by atoms with E-state index >= 15 is 0 Å². The van der Waals surface area contributed by atoms with E-state index in [1.54, 1.807) is 14.2 Å². The minimum absolute atomic E-state index is 0.0638. The Hall–Kier alpha value is -4.84. The lowest BCUT2D eigenvalue weighted by Crippen LogP contribution is -2.22. The Kier molecular flexibility index (Phi) is 6.24. The van der Waals surface area contributed by atoms with Crippen molar-refractivity contribution in [1.82, 2.24) is 4.98 Å². The number of hydrogen-bond donors (Lipinski definition) is 2. The summed E-state index contributed by atoms with van der Waals surface area (Å²) in [6, 6.07) is 32.8. The lowest BCUT2D eigenvalue weighted by Gasteiger charge is -2.14. The van der Waals surface area contributed by atoms with E-state index in [2.05, 4.69) is 47.5 Å². The summed E-state index contributed by atoms with van der Waals surface area (Å²) >= 11 is 0. The van der Waals surface area contributed by atoms with E-state index in [9.17, 15) is 0 Å². The quantitative estimate of drug-likeness (QED) is 0.227. The monoisotopic (exact) mass is 474 g/mol. The molecule has 0 aliphatic carbocycles.